The number of nitrogens with one attached hydrogen (secondary N) is 2. The molecule has 1 aliphatic rings. The minimum atomic E-state index is -3.30. The van der Waals surface area contributed by atoms with Crippen LogP contribution in [-0.4, -0.2) is 69.5 Å². The van der Waals surface area contributed by atoms with Crippen molar-refractivity contribution in [1.29, 1.82) is 0 Å². The normalized spacial score (nSPS) is 19.3. The number of halogens is 1. The van der Waals surface area contributed by atoms with E-state index in [0.717, 1.165) is 5.56 Å². The highest BCUT2D eigenvalue weighted by atomic mass is 31.1. The number of imidazole rings is 1. The van der Waals surface area contributed by atoms with E-state index in [1.54, 1.807) is 52.3 Å². The van der Waals surface area contributed by atoms with Gasteiger partial charge in [-0.05, 0) is 41.0 Å². The average molecular weight is 721 g/mol. The van der Waals surface area contributed by atoms with Crippen molar-refractivity contribution < 1.29 is 42.1 Å². The Morgan fingerprint density at radius 3 is 2.16 bits per heavy atom. The zero-order chi connectivity index (χ0) is 36.3. The maximum Gasteiger partial charge on any atom is 0.695 e. The predicted octanol–water partition coefficient (Wildman–Crippen LogP) is 5.01. The summed E-state index contributed by atoms with van der Waals surface area (Å²) in [7, 11) is -0.177. The molecule has 1 amide bonds. The summed E-state index contributed by atoms with van der Waals surface area (Å²) < 4.78 is 58.7. The minimum Gasteiger partial charge on any atom is -0.497 e. The molecule has 16 heteroatoms. The Bertz CT molecular complexity index is 2010. The number of hydrogen-bond donors (Lipinski definition) is 3. The lowest BCUT2D eigenvalue weighted by molar-refractivity contribution is -0.118. The van der Waals surface area contributed by atoms with Crippen LogP contribution in [0.25, 0.3) is 11.2 Å². The number of alkyl halides is 1. The fourth-order valence-electron chi connectivity index (χ4n) is 5.98. The Morgan fingerprint density at radius 2 is 1.61 bits per heavy atom. The van der Waals surface area contributed by atoms with Crippen molar-refractivity contribution in [2.24, 2.45) is 5.92 Å². The van der Waals surface area contributed by atoms with Gasteiger partial charge < -0.3 is 18.9 Å². The van der Waals surface area contributed by atoms with Crippen molar-refractivity contribution in [1.82, 2.24) is 19.5 Å². The molecule has 0 aliphatic carbocycles. The molecule has 266 valence electrons. The van der Waals surface area contributed by atoms with Gasteiger partial charge in [-0.15, -0.1) is 9.42 Å². The number of benzene rings is 3. The molecular formula is C35H36FN5O9P+. The number of anilines is 1. The van der Waals surface area contributed by atoms with Crippen LogP contribution in [0.4, 0.5) is 10.3 Å². The van der Waals surface area contributed by atoms with Crippen molar-refractivity contribution in [2.75, 3.05) is 26.1 Å². The van der Waals surface area contributed by atoms with E-state index in [1.807, 2.05) is 54.6 Å². The van der Waals surface area contributed by atoms with Gasteiger partial charge in [0.15, 0.2) is 29.7 Å². The number of ether oxygens (including phenoxy) is 4. The molecule has 5 aromatic rings. The number of aromatic nitrogens is 4. The maximum absolute atomic E-state index is 16.5. The second kappa shape index (κ2) is 15.1. The summed E-state index contributed by atoms with van der Waals surface area (Å²) in [4.78, 5) is 45.9. The molecule has 3 N–H and O–H groups in total. The highest BCUT2D eigenvalue weighted by Gasteiger charge is 2.53. The molecule has 1 unspecified atom stereocenters. The Morgan fingerprint density at radius 1 is 1.02 bits per heavy atom. The number of rotatable bonds is 13. The smallest absolute Gasteiger partial charge is 0.497 e. The number of fused-ring (bicyclic) bond motifs is 1. The van der Waals surface area contributed by atoms with Crippen LogP contribution in [0.5, 0.6) is 11.5 Å². The Balaban J connectivity index is 1.40. The Kier molecular flexibility index (Phi) is 10.6. The predicted molar refractivity (Wildman–Crippen MR) is 183 cm³/mol. The largest absolute Gasteiger partial charge is 0.695 e. The molecule has 1 aliphatic heterocycles. The number of carbonyl (C=O) groups is 1. The fraction of sp³-hybridized carbons (Fsp3) is 0.314. The van der Waals surface area contributed by atoms with Crippen molar-refractivity contribution in [2.45, 2.75) is 44.1 Å². The molecule has 14 nitrogen and oxygen atoms in total. The third kappa shape index (κ3) is 7.12. The molecule has 0 spiro atoms. The zero-order valence-corrected chi connectivity index (χ0v) is 29.0. The Labute approximate surface area is 292 Å². The van der Waals surface area contributed by atoms with Crippen LogP contribution in [0.2, 0.25) is 0 Å². The standard InChI is InChI=1S/C35H35FN5O9P/c1-20(2)31(42)39-34-38-30-28(32(43)40-34)37-19-41(30)33-29(50-51(44)45)27(36)26(49-33)18-48-35(21-8-6-5-7-9-21,22-10-14-24(46-3)15-11-22)23-12-16-25(47-4)17-13-23/h5-17,19-20,26-27,29,33H,18H2,1-4H3,(H2-,38,39,40,42,43,44,45)/p+1/t26-,27-,29-,33-/m1/s1. The highest BCUT2D eigenvalue weighted by molar-refractivity contribution is 7.32. The van der Waals surface area contributed by atoms with E-state index in [1.165, 1.54) is 10.9 Å². The zero-order valence-electron chi connectivity index (χ0n) is 28.1. The molecule has 2 aromatic heterocycles. The van der Waals surface area contributed by atoms with Crippen molar-refractivity contribution in [3.8, 4) is 11.5 Å². The number of H-pyrrole nitrogens is 1. The van der Waals surface area contributed by atoms with Crippen LogP contribution in [0.1, 0.15) is 36.8 Å². The van der Waals surface area contributed by atoms with E-state index in [9.17, 15) is 19.0 Å². The summed E-state index contributed by atoms with van der Waals surface area (Å²) in [5, 5.41) is 2.53. The summed E-state index contributed by atoms with van der Waals surface area (Å²) in [6.07, 6.45) is -5.23. The van der Waals surface area contributed by atoms with E-state index in [4.69, 9.17) is 23.5 Å². The van der Waals surface area contributed by atoms with Gasteiger partial charge in [-0.2, -0.15) is 4.98 Å². The molecule has 0 saturated carbocycles. The highest BCUT2D eigenvalue weighted by Crippen LogP contribution is 2.44. The van der Waals surface area contributed by atoms with Crippen LogP contribution < -0.4 is 20.3 Å². The Hall–Kier alpha value is -5.05. The van der Waals surface area contributed by atoms with Crippen molar-refractivity contribution in [3.63, 3.8) is 0 Å². The minimum absolute atomic E-state index is 0.0755. The number of amides is 1. The number of hydrogen-bond acceptors (Lipinski definition) is 10. The van der Waals surface area contributed by atoms with Crippen LogP contribution in [-0.2, 0) is 29.0 Å². The monoisotopic (exact) mass is 720 g/mol. The molecule has 5 atom stereocenters. The molecule has 51 heavy (non-hydrogen) atoms. The summed E-state index contributed by atoms with van der Waals surface area (Å²) >= 11 is 0. The summed E-state index contributed by atoms with van der Waals surface area (Å²) in [5.41, 5.74) is -0.105. The van der Waals surface area contributed by atoms with Gasteiger partial charge in [0.05, 0.1) is 27.2 Å². The van der Waals surface area contributed by atoms with E-state index in [-0.39, 0.29) is 23.7 Å². The lowest BCUT2D eigenvalue weighted by Crippen LogP contribution is -2.38. The second-order valence-electron chi connectivity index (χ2n) is 12.0. The lowest BCUT2D eigenvalue weighted by Gasteiger charge is -2.37. The van der Waals surface area contributed by atoms with Gasteiger partial charge in [-0.3, -0.25) is 24.5 Å². The van der Waals surface area contributed by atoms with E-state index in [0.29, 0.717) is 22.6 Å². The SMILES string of the molecule is COc1ccc(C(OC[C@H]2O[C@@H](n3cnc4c(=O)[nH]c(NC(=O)C(C)C)nc43)[C@H](O[P+](=O)O)[C@@H]2F)(c2ccccc2)c2ccc(OC)cc2)cc1. The third-order valence-corrected chi connectivity index (χ3v) is 9.01. The molecule has 0 bridgehead atoms. The number of aromatic amines is 1. The van der Waals surface area contributed by atoms with E-state index >= 15 is 4.39 Å². The van der Waals surface area contributed by atoms with Crippen LogP contribution >= 0.6 is 8.25 Å². The number of carbonyl (C=O) groups excluding carboxylic acids is 1. The topological polar surface area (TPSA) is 176 Å². The van der Waals surface area contributed by atoms with Gasteiger partial charge in [0.25, 0.3) is 5.56 Å². The van der Waals surface area contributed by atoms with E-state index < -0.39 is 55.8 Å². The van der Waals surface area contributed by atoms with Crippen LogP contribution in [0.15, 0.2) is 90.0 Å². The van der Waals surface area contributed by atoms with Crippen molar-refractivity contribution >= 4 is 31.3 Å². The fourth-order valence-corrected chi connectivity index (χ4v) is 6.41. The molecular weight excluding hydrogens is 684 g/mol. The van der Waals surface area contributed by atoms with Gasteiger partial charge in [0.2, 0.25) is 11.9 Å². The summed E-state index contributed by atoms with van der Waals surface area (Å²) in [6, 6.07) is 23.9. The average Bonchev–Trinajstić information content (AvgIpc) is 3.69. The van der Waals surface area contributed by atoms with Gasteiger partial charge in [-0.25, -0.2) is 9.37 Å². The van der Waals surface area contributed by atoms with Crippen LogP contribution in [0.3, 0.4) is 0 Å². The van der Waals surface area contributed by atoms with Crippen molar-refractivity contribution in [3.05, 3.63) is 112 Å². The quantitative estimate of drug-likeness (QED) is 0.110. The summed E-state index contributed by atoms with van der Waals surface area (Å²) in [6.45, 7) is 2.96. The van der Waals surface area contributed by atoms with Gasteiger partial charge in [0, 0.05) is 10.5 Å². The molecule has 3 aromatic carbocycles. The first-order valence-electron chi connectivity index (χ1n) is 15.9. The maximum atomic E-state index is 16.5. The number of nitrogens with zero attached hydrogens (tertiary/aromatic N) is 3. The van der Waals surface area contributed by atoms with E-state index in [2.05, 4.69) is 20.3 Å². The first-order valence-corrected chi connectivity index (χ1v) is 17.1. The van der Waals surface area contributed by atoms with Gasteiger partial charge in [0.1, 0.15) is 23.2 Å². The third-order valence-electron chi connectivity index (χ3n) is 8.59. The molecule has 1 saturated heterocycles. The van der Waals surface area contributed by atoms with Crippen LogP contribution in [0, 0.1) is 5.92 Å². The summed E-state index contributed by atoms with van der Waals surface area (Å²) in [5.74, 6) is 0.243. The van der Waals surface area contributed by atoms with Gasteiger partial charge >= 0.3 is 8.25 Å². The molecule has 3 heterocycles. The number of methoxy groups -OCH3 is 2. The second-order valence-corrected chi connectivity index (χ2v) is 12.7. The van der Waals surface area contributed by atoms with Gasteiger partial charge in [-0.1, -0.05) is 68.4 Å². The lowest BCUT2D eigenvalue weighted by atomic mass is 9.80. The first kappa shape index (κ1) is 35.8. The first-order chi connectivity index (χ1) is 24.5. The molecule has 1 fully saturated rings. The molecule has 0 radical (unpaired) electrons. The molecule has 6 rings (SSSR count).